The Morgan fingerprint density at radius 1 is 0.946 bits per heavy atom. The third kappa shape index (κ3) is 4.27. The van der Waals surface area contributed by atoms with Crippen molar-refractivity contribution >= 4 is 17.3 Å². The van der Waals surface area contributed by atoms with Crippen LogP contribution < -0.4 is 15.5 Å². The highest BCUT2D eigenvalue weighted by molar-refractivity contribution is 5.77. The van der Waals surface area contributed by atoms with Gasteiger partial charge in [0, 0.05) is 78.6 Å². The highest BCUT2D eigenvalue weighted by atomic mass is 19.1. The molecule has 0 spiro atoms. The number of anilines is 2. The molecular weight excluding hydrogens is 471 g/mol. The van der Waals surface area contributed by atoms with Crippen molar-refractivity contribution in [1.82, 2.24) is 34.3 Å². The van der Waals surface area contributed by atoms with Crippen LogP contribution in [0.1, 0.15) is 27.6 Å². The van der Waals surface area contributed by atoms with Crippen molar-refractivity contribution in [3.63, 3.8) is 0 Å². The SMILES string of the molecule is [2H]C1([2H])CN(c2ncc(C(C)(N)c3ccc(F)cc3)cn2)CC([2H])([2H])N1c1ncnn2cc(-c3cnn(C([2H])([2H])[2H])c3)cc12. The lowest BCUT2D eigenvalue weighted by Crippen LogP contribution is -2.47. The van der Waals surface area contributed by atoms with Gasteiger partial charge in [0.15, 0.2) is 5.82 Å². The summed E-state index contributed by atoms with van der Waals surface area (Å²) in [6.45, 7) is -5.87. The topological polar surface area (TPSA) is 106 Å². The summed E-state index contributed by atoms with van der Waals surface area (Å²) >= 11 is 0. The van der Waals surface area contributed by atoms with E-state index in [1.807, 2.05) is 0 Å². The van der Waals surface area contributed by atoms with Gasteiger partial charge < -0.3 is 15.5 Å². The number of piperazine rings is 1. The fourth-order valence-electron chi connectivity index (χ4n) is 4.15. The molecule has 10 nitrogen and oxygen atoms in total. The Kier molecular flexibility index (Phi) is 3.95. The lowest BCUT2D eigenvalue weighted by molar-refractivity contribution is 0.585. The van der Waals surface area contributed by atoms with Crippen molar-refractivity contribution in [3.05, 3.63) is 84.6 Å². The Balaban J connectivity index is 1.29. The lowest BCUT2D eigenvalue weighted by Gasteiger charge is -2.35. The smallest absolute Gasteiger partial charge is 0.225 e. The quantitative estimate of drug-likeness (QED) is 0.389. The van der Waals surface area contributed by atoms with Crippen LogP contribution in [0.2, 0.25) is 0 Å². The van der Waals surface area contributed by atoms with E-state index in [1.54, 1.807) is 31.3 Å². The molecule has 1 unspecified atom stereocenters. The molecule has 0 aliphatic carbocycles. The van der Waals surface area contributed by atoms with Crippen molar-refractivity contribution in [2.75, 3.05) is 35.9 Å². The van der Waals surface area contributed by atoms with Gasteiger partial charge in [0.05, 0.1) is 17.2 Å². The summed E-state index contributed by atoms with van der Waals surface area (Å²) in [4.78, 5) is 15.4. The molecule has 1 fully saturated rings. The van der Waals surface area contributed by atoms with Crippen LogP contribution in [0.15, 0.2) is 67.6 Å². The van der Waals surface area contributed by atoms with E-state index < -0.39 is 25.5 Å². The molecular formula is C26H27FN10. The second kappa shape index (κ2) is 8.93. The van der Waals surface area contributed by atoms with Crippen LogP contribution in [0.4, 0.5) is 16.2 Å². The predicted octanol–water partition coefficient (Wildman–Crippen LogP) is 2.61. The van der Waals surface area contributed by atoms with E-state index in [0.29, 0.717) is 27.8 Å². The lowest BCUT2D eigenvalue weighted by atomic mass is 9.87. The maximum Gasteiger partial charge on any atom is 0.225 e. The van der Waals surface area contributed by atoms with Gasteiger partial charge in [-0.25, -0.2) is 23.9 Å². The van der Waals surface area contributed by atoms with Crippen LogP contribution in [-0.4, -0.2) is 60.4 Å². The van der Waals surface area contributed by atoms with Gasteiger partial charge in [-0.15, -0.1) is 0 Å². The van der Waals surface area contributed by atoms with E-state index in [4.69, 9.17) is 15.3 Å². The number of aryl methyl sites for hydroxylation is 1. The molecule has 11 heteroatoms. The van der Waals surface area contributed by atoms with Gasteiger partial charge in [0.2, 0.25) is 5.95 Å². The normalized spacial score (nSPS) is 21.6. The van der Waals surface area contributed by atoms with Crippen molar-refractivity contribution in [1.29, 1.82) is 0 Å². The molecule has 0 saturated carbocycles. The Bertz CT molecular complexity index is 1800. The average molecular weight is 506 g/mol. The second-order valence-corrected chi connectivity index (χ2v) is 8.80. The van der Waals surface area contributed by atoms with Crippen LogP contribution in [0, 0.1) is 5.82 Å². The van der Waals surface area contributed by atoms with Crippen molar-refractivity contribution in [3.8, 4) is 11.1 Å². The fourth-order valence-corrected chi connectivity index (χ4v) is 4.15. The summed E-state index contributed by atoms with van der Waals surface area (Å²) < 4.78 is 74.0. The molecule has 5 heterocycles. The zero-order chi connectivity index (χ0) is 31.7. The first-order valence-corrected chi connectivity index (χ1v) is 11.4. The van der Waals surface area contributed by atoms with Crippen LogP contribution in [-0.2, 0) is 12.5 Å². The number of nitrogens with two attached hydrogens (primary N) is 1. The molecule has 37 heavy (non-hydrogen) atoms. The summed E-state index contributed by atoms with van der Waals surface area (Å²) in [5.41, 5.74) is 8.02. The van der Waals surface area contributed by atoms with E-state index in [1.165, 1.54) is 52.7 Å². The number of hydrogen-bond acceptors (Lipinski definition) is 8. The van der Waals surface area contributed by atoms with E-state index in [9.17, 15) is 4.39 Å². The number of halogens is 1. The Hall–Kier alpha value is -4.38. The molecule has 2 N–H and O–H groups in total. The van der Waals surface area contributed by atoms with Gasteiger partial charge >= 0.3 is 0 Å². The molecule has 1 aliphatic rings. The average Bonchev–Trinajstić information content (AvgIpc) is 3.60. The molecule has 5 aromatic rings. The number of aromatic nitrogens is 7. The number of fused-ring (bicyclic) bond motifs is 1. The van der Waals surface area contributed by atoms with Crippen LogP contribution in [0.25, 0.3) is 16.6 Å². The van der Waals surface area contributed by atoms with Gasteiger partial charge in [-0.1, -0.05) is 12.1 Å². The monoisotopic (exact) mass is 505 g/mol. The number of nitrogens with zero attached hydrogens (tertiary/aromatic N) is 9. The van der Waals surface area contributed by atoms with Gasteiger partial charge in [0.1, 0.15) is 17.7 Å². The Labute approximate surface area is 223 Å². The van der Waals surface area contributed by atoms with Crippen molar-refractivity contribution in [2.45, 2.75) is 12.5 Å². The first-order valence-electron chi connectivity index (χ1n) is 14.9. The molecule has 0 bridgehead atoms. The minimum absolute atomic E-state index is 0.0126. The summed E-state index contributed by atoms with van der Waals surface area (Å²) in [6.07, 6.45) is 8.55. The van der Waals surface area contributed by atoms with Crippen LogP contribution in [0.5, 0.6) is 0 Å². The van der Waals surface area contributed by atoms with Gasteiger partial charge in [-0.05, 0) is 30.7 Å². The zero-order valence-electron chi connectivity index (χ0n) is 26.7. The van der Waals surface area contributed by atoms with Gasteiger partial charge in [-0.3, -0.25) is 4.68 Å². The second-order valence-electron chi connectivity index (χ2n) is 8.80. The number of hydrogen-bond donors (Lipinski definition) is 1. The standard InChI is InChI=1S/C26H27FN10/c1-26(28,20-3-5-22(27)6-4-20)21-13-29-25(30-14-21)36-9-7-35(8-10-36)24-23-11-18(16-37(23)33-17-31-24)19-12-32-34(2)15-19/h3-6,11-17H,7-10,28H2,1-2H3/i2D3,7D2,8D2. The molecule has 6 rings (SSSR count). The van der Waals surface area contributed by atoms with Gasteiger partial charge in [0.25, 0.3) is 0 Å². The Morgan fingerprint density at radius 3 is 2.41 bits per heavy atom. The summed E-state index contributed by atoms with van der Waals surface area (Å²) in [7, 11) is 0. The first kappa shape index (κ1) is 16.4. The van der Waals surface area contributed by atoms with E-state index in [0.717, 1.165) is 9.58 Å². The summed E-state index contributed by atoms with van der Waals surface area (Å²) in [5.74, 6) is -0.263. The third-order valence-corrected chi connectivity index (χ3v) is 6.32. The van der Waals surface area contributed by atoms with Crippen LogP contribution in [0.3, 0.4) is 0 Å². The zero-order valence-corrected chi connectivity index (χ0v) is 19.7. The highest BCUT2D eigenvalue weighted by Gasteiger charge is 2.26. The van der Waals surface area contributed by atoms with Crippen molar-refractivity contribution in [2.24, 2.45) is 12.7 Å². The van der Waals surface area contributed by atoms with Gasteiger partial charge in [-0.2, -0.15) is 10.2 Å². The first-order chi connectivity index (χ1) is 20.6. The molecule has 1 aromatic carbocycles. The third-order valence-electron chi connectivity index (χ3n) is 6.32. The molecule has 188 valence electrons. The molecule has 1 saturated heterocycles. The minimum atomic E-state index is -2.45. The molecule has 4 aromatic heterocycles. The highest BCUT2D eigenvalue weighted by Crippen LogP contribution is 2.29. The molecule has 0 radical (unpaired) electrons. The van der Waals surface area contributed by atoms with E-state index in [2.05, 4.69) is 25.1 Å². The fraction of sp³-hybridized carbons (Fsp3) is 0.269. The molecule has 0 amide bonds. The Morgan fingerprint density at radius 2 is 1.70 bits per heavy atom. The maximum atomic E-state index is 13.4. The van der Waals surface area contributed by atoms with E-state index in [-0.39, 0.29) is 30.7 Å². The van der Waals surface area contributed by atoms with Crippen molar-refractivity contribution < 1.29 is 14.0 Å². The largest absolute Gasteiger partial charge is 0.351 e. The predicted molar refractivity (Wildman–Crippen MR) is 139 cm³/mol. The summed E-state index contributed by atoms with van der Waals surface area (Å²) in [6, 6.07) is 7.41. The maximum absolute atomic E-state index is 13.4. The van der Waals surface area contributed by atoms with Crippen LogP contribution >= 0.6 is 0 Å². The number of rotatable bonds is 5. The number of benzene rings is 1. The molecule has 1 aliphatic heterocycles. The molecule has 1 atom stereocenters. The summed E-state index contributed by atoms with van der Waals surface area (Å²) in [5, 5.41) is 8.09. The minimum Gasteiger partial charge on any atom is -0.351 e. The van der Waals surface area contributed by atoms with E-state index >= 15 is 0 Å².